The summed E-state index contributed by atoms with van der Waals surface area (Å²) in [4.78, 5) is 35.2. The number of rotatable bonds is 56. The van der Waals surface area contributed by atoms with Gasteiger partial charge in [0.05, 0.1) is 13.2 Å². The van der Waals surface area contributed by atoms with Crippen molar-refractivity contribution in [3.8, 4) is 0 Å². The monoisotopic (exact) mass is 970 g/mol. The van der Waals surface area contributed by atoms with E-state index in [9.17, 15) is 19.0 Å². The summed E-state index contributed by atoms with van der Waals surface area (Å²) < 4.78 is 33.0. The Bertz CT molecular complexity index is 1110. The quantitative estimate of drug-likeness (QED) is 0.0264. The van der Waals surface area contributed by atoms with E-state index in [2.05, 4.69) is 26.0 Å². The molecule has 3 N–H and O–H groups in total. The van der Waals surface area contributed by atoms with Crippen molar-refractivity contribution in [2.75, 3.05) is 26.4 Å². The van der Waals surface area contributed by atoms with Crippen molar-refractivity contribution in [1.29, 1.82) is 0 Å². The standard InChI is InChI=1S/C57H112NO8P/c1-3-5-7-9-11-13-15-17-19-21-23-25-26-27-28-30-31-33-35-37-39-41-43-45-47-49-56(59)63-53-55(54-65-67(61,62)64-52-51-58)66-57(60)50-48-46-44-42-40-38-36-34-32-29-24-22-20-18-16-14-12-10-8-6-4-2/h22,24,55H,3-21,23,25-54,58H2,1-2H3,(H,61,62)/b24-22-. The van der Waals surface area contributed by atoms with Gasteiger partial charge >= 0.3 is 19.8 Å². The molecule has 0 saturated heterocycles. The summed E-state index contributed by atoms with van der Waals surface area (Å²) >= 11 is 0. The van der Waals surface area contributed by atoms with Crippen LogP contribution in [0.2, 0.25) is 0 Å². The number of allylic oxidation sites excluding steroid dienone is 2. The SMILES string of the molecule is CCCCCCCCCC/C=C\CCCCCCCCCCCC(=O)OC(COC(=O)CCCCCCCCCCCCCCCCCCCCCCCCCCC)COP(=O)(O)OCCN. The Morgan fingerprint density at radius 2 is 0.731 bits per heavy atom. The average Bonchev–Trinajstić information content (AvgIpc) is 3.32. The molecule has 10 heteroatoms. The fourth-order valence-electron chi connectivity index (χ4n) is 8.81. The van der Waals surface area contributed by atoms with E-state index in [0.29, 0.717) is 6.42 Å². The van der Waals surface area contributed by atoms with Gasteiger partial charge in [-0.2, -0.15) is 0 Å². The summed E-state index contributed by atoms with van der Waals surface area (Å²) in [6.45, 7) is 3.81. The number of esters is 2. The van der Waals surface area contributed by atoms with Crippen molar-refractivity contribution in [2.24, 2.45) is 5.73 Å². The summed E-state index contributed by atoms with van der Waals surface area (Å²) in [6.07, 6.45) is 61.3. The molecule has 0 aliphatic carbocycles. The molecule has 0 bridgehead atoms. The molecule has 0 spiro atoms. The molecule has 0 radical (unpaired) electrons. The van der Waals surface area contributed by atoms with Gasteiger partial charge in [0, 0.05) is 19.4 Å². The van der Waals surface area contributed by atoms with E-state index in [4.69, 9.17) is 24.3 Å². The van der Waals surface area contributed by atoms with Crippen LogP contribution in [0.1, 0.15) is 309 Å². The number of hydrogen-bond donors (Lipinski definition) is 2. The third-order valence-electron chi connectivity index (χ3n) is 13.2. The Balaban J connectivity index is 3.92. The molecule has 2 unspecified atom stereocenters. The summed E-state index contributed by atoms with van der Waals surface area (Å²) in [5.74, 6) is -0.810. The number of carbonyl (C=O) groups is 2. The molecule has 0 amide bonds. The van der Waals surface area contributed by atoms with Crippen molar-refractivity contribution >= 4 is 19.8 Å². The first kappa shape index (κ1) is 65.8. The van der Waals surface area contributed by atoms with E-state index in [1.54, 1.807) is 0 Å². The van der Waals surface area contributed by atoms with Crippen LogP contribution in [0.4, 0.5) is 0 Å². The minimum Gasteiger partial charge on any atom is -0.462 e. The lowest BCUT2D eigenvalue weighted by atomic mass is 10.0. The highest BCUT2D eigenvalue weighted by Crippen LogP contribution is 2.43. The van der Waals surface area contributed by atoms with E-state index in [-0.39, 0.29) is 38.6 Å². The number of nitrogens with two attached hydrogens (primary N) is 1. The lowest BCUT2D eigenvalue weighted by Gasteiger charge is -2.19. The zero-order valence-corrected chi connectivity index (χ0v) is 45.3. The van der Waals surface area contributed by atoms with E-state index in [0.717, 1.165) is 38.5 Å². The summed E-state index contributed by atoms with van der Waals surface area (Å²) in [5, 5.41) is 0. The lowest BCUT2D eigenvalue weighted by Crippen LogP contribution is -2.29. The molecule has 0 aromatic rings. The lowest BCUT2D eigenvalue weighted by molar-refractivity contribution is -0.161. The van der Waals surface area contributed by atoms with Crippen LogP contribution < -0.4 is 5.73 Å². The Kier molecular flexibility index (Phi) is 53.1. The van der Waals surface area contributed by atoms with Gasteiger partial charge in [-0.05, 0) is 38.5 Å². The van der Waals surface area contributed by atoms with E-state index in [1.807, 2.05) is 0 Å². The highest BCUT2D eigenvalue weighted by atomic mass is 31.2. The van der Waals surface area contributed by atoms with Crippen molar-refractivity contribution in [3.05, 3.63) is 12.2 Å². The first-order valence-electron chi connectivity index (χ1n) is 29.2. The first-order valence-corrected chi connectivity index (χ1v) is 30.7. The Labute approximate surface area is 415 Å². The fourth-order valence-corrected chi connectivity index (χ4v) is 9.58. The maximum atomic E-state index is 12.7. The molecule has 0 saturated carbocycles. The van der Waals surface area contributed by atoms with E-state index in [1.165, 1.54) is 238 Å². The molecule has 0 fully saturated rings. The van der Waals surface area contributed by atoms with Crippen LogP contribution >= 0.6 is 7.82 Å². The van der Waals surface area contributed by atoms with Gasteiger partial charge < -0.3 is 20.1 Å². The van der Waals surface area contributed by atoms with Crippen LogP contribution in [0.3, 0.4) is 0 Å². The maximum absolute atomic E-state index is 12.7. The Morgan fingerprint density at radius 3 is 1.06 bits per heavy atom. The van der Waals surface area contributed by atoms with Crippen LogP contribution in [-0.2, 0) is 32.7 Å². The minimum absolute atomic E-state index is 0.0564. The van der Waals surface area contributed by atoms with Crippen LogP contribution in [0.15, 0.2) is 12.2 Å². The number of unbranched alkanes of at least 4 members (excludes halogenated alkanes) is 41. The Morgan fingerprint density at radius 1 is 0.433 bits per heavy atom. The number of carbonyl (C=O) groups excluding carboxylic acids is 2. The van der Waals surface area contributed by atoms with Crippen molar-refractivity contribution in [2.45, 2.75) is 315 Å². The highest BCUT2D eigenvalue weighted by Gasteiger charge is 2.26. The molecule has 398 valence electrons. The minimum atomic E-state index is -4.38. The van der Waals surface area contributed by atoms with Gasteiger partial charge in [0.25, 0.3) is 0 Å². The fraction of sp³-hybridized carbons (Fsp3) is 0.930. The second kappa shape index (κ2) is 54.1. The number of phosphoric acid groups is 1. The molecule has 9 nitrogen and oxygen atoms in total. The van der Waals surface area contributed by atoms with Crippen LogP contribution in [0.25, 0.3) is 0 Å². The molecule has 0 aromatic heterocycles. The van der Waals surface area contributed by atoms with Gasteiger partial charge in [-0.3, -0.25) is 18.6 Å². The first-order chi connectivity index (χ1) is 32.8. The van der Waals surface area contributed by atoms with Gasteiger partial charge in [-0.1, -0.05) is 270 Å². The van der Waals surface area contributed by atoms with Gasteiger partial charge in [0.2, 0.25) is 0 Å². The number of ether oxygens (including phenoxy) is 2. The molecule has 0 rings (SSSR count). The molecular weight excluding hydrogens is 858 g/mol. The van der Waals surface area contributed by atoms with Crippen molar-refractivity contribution in [3.63, 3.8) is 0 Å². The normalized spacial score (nSPS) is 13.1. The number of phosphoric ester groups is 1. The topological polar surface area (TPSA) is 134 Å². The summed E-state index contributed by atoms with van der Waals surface area (Å²) in [6, 6.07) is 0. The molecule has 0 aliphatic heterocycles. The van der Waals surface area contributed by atoms with Gasteiger partial charge in [-0.25, -0.2) is 4.57 Å². The van der Waals surface area contributed by atoms with Crippen molar-refractivity contribution < 1.29 is 37.6 Å². The third kappa shape index (κ3) is 53.9. The predicted octanol–water partition coefficient (Wildman–Crippen LogP) is 18.1. The number of hydrogen-bond acceptors (Lipinski definition) is 8. The predicted molar refractivity (Wildman–Crippen MR) is 284 cm³/mol. The largest absolute Gasteiger partial charge is 0.472 e. The van der Waals surface area contributed by atoms with Crippen LogP contribution in [0.5, 0.6) is 0 Å². The second-order valence-corrected chi connectivity index (χ2v) is 21.3. The zero-order chi connectivity index (χ0) is 48.8. The molecule has 67 heavy (non-hydrogen) atoms. The molecule has 0 aliphatic rings. The summed E-state index contributed by atoms with van der Waals surface area (Å²) in [7, 11) is -4.38. The van der Waals surface area contributed by atoms with Gasteiger partial charge in [0.1, 0.15) is 6.61 Å². The molecule has 2 atom stereocenters. The second-order valence-electron chi connectivity index (χ2n) is 19.9. The molecule has 0 heterocycles. The van der Waals surface area contributed by atoms with Gasteiger partial charge in [0.15, 0.2) is 6.10 Å². The van der Waals surface area contributed by atoms with Gasteiger partial charge in [-0.15, -0.1) is 0 Å². The maximum Gasteiger partial charge on any atom is 0.472 e. The zero-order valence-electron chi connectivity index (χ0n) is 44.4. The molecule has 0 aromatic carbocycles. The van der Waals surface area contributed by atoms with Crippen LogP contribution in [-0.4, -0.2) is 49.3 Å². The summed E-state index contributed by atoms with van der Waals surface area (Å²) in [5.41, 5.74) is 5.38. The average molecular weight is 970 g/mol. The molecular formula is C57H112NO8P. The van der Waals surface area contributed by atoms with Crippen LogP contribution in [0, 0.1) is 0 Å². The third-order valence-corrected chi connectivity index (χ3v) is 14.1. The highest BCUT2D eigenvalue weighted by molar-refractivity contribution is 7.47. The Hall–Kier alpha value is -1.25. The smallest absolute Gasteiger partial charge is 0.462 e. The van der Waals surface area contributed by atoms with E-state index >= 15 is 0 Å². The van der Waals surface area contributed by atoms with Crippen molar-refractivity contribution in [1.82, 2.24) is 0 Å². The van der Waals surface area contributed by atoms with E-state index < -0.39 is 26.5 Å².